The molecule has 0 N–H and O–H groups in total. The Hall–Kier alpha value is -1.43. The number of aryl methyl sites for hydroxylation is 1. The van der Waals surface area contributed by atoms with E-state index in [0.717, 1.165) is 11.5 Å². The highest BCUT2D eigenvalue weighted by molar-refractivity contribution is 6.16. The standard InChI is InChI=1S/C7H9ClN6/c1-13-7(10-11-12-13)4-14-3-6(2-8)9-5-14/h3,5H,2,4H2,1H3. The lowest BCUT2D eigenvalue weighted by Crippen LogP contribution is -2.05. The average Bonchev–Trinajstić information content (AvgIpc) is 2.77. The van der Waals surface area contributed by atoms with Crippen LogP contribution in [0.4, 0.5) is 0 Å². The van der Waals surface area contributed by atoms with Gasteiger partial charge in [0.15, 0.2) is 5.82 Å². The molecule has 74 valence electrons. The monoisotopic (exact) mass is 212 g/mol. The van der Waals surface area contributed by atoms with Crippen molar-refractivity contribution in [3.05, 3.63) is 24.0 Å². The second-order valence-corrected chi connectivity index (χ2v) is 3.16. The van der Waals surface area contributed by atoms with Gasteiger partial charge >= 0.3 is 0 Å². The average molecular weight is 213 g/mol. The van der Waals surface area contributed by atoms with E-state index in [4.69, 9.17) is 11.6 Å². The van der Waals surface area contributed by atoms with Crippen molar-refractivity contribution in [3.63, 3.8) is 0 Å². The van der Waals surface area contributed by atoms with Gasteiger partial charge < -0.3 is 4.57 Å². The van der Waals surface area contributed by atoms with E-state index in [1.165, 1.54) is 0 Å². The zero-order valence-corrected chi connectivity index (χ0v) is 8.39. The van der Waals surface area contributed by atoms with E-state index >= 15 is 0 Å². The summed E-state index contributed by atoms with van der Waals surface area (Å²) in [7, 11) is 1.80. The van der Waals surface area contributed by atoms with E-state index in [-0.39, 0.29) is 0 Å². The van der Waals surface area contributed by atoms with Crippen molar-refractivity contribution in [3.8, 4) is 0 Å². The first-order valence-corrected chi connectivity index (χ1v) is 4.61. The first kappa shape index (κ1) is 9.14. The van der Waals surface area contributed by atoms with Crippen molar-refractivity contribution in [2.45, 2.75) is 12.4 Å². The van der Waals surface area contributed by atoms with Crippen molar-refractivity contribution in [2.75, 3.05) is 0 Å². The van der Waals surface area contributed by atoms with E-state index in [1.54, 1.807) is 18.1 Å². The number of aromatic nitrogens is 6. The molecule has 2 rings (SSSR count). The fourth-order valence-electron chi connectivity index (χ4n) is 1.11. The topological polar surface area (TPSA) is 61.4 Å². The summed E-state index contributed by atoms with van der Waals surface area (Å²) in [6.45, 7) is 0.605. The van der Waals surface area contributed by atoms with E-state index in [2.05, 4.69) is 20.5 Å². The molecule has 7 heteroatoms. The third-order valence-corrected chi connectivity index (χ3v) is 2.13. The Morgan fingerprint density at radius 3 is 2.93 bits per heavy atom. The minimum Gasteiger partial charge on any atom is -0.329 e. The summed E-state index contributed by atoms with van der Waals surface area (Å²) in [5.41, 5.74) is 0.849. The van der Waals surface area contributed by atoms with Gasteiger partial charge in [-0.05, 0) is 10.4 Å². The number of hydrogen-bond acceptors (Lipinski definition) is 4. The lowest BCUT2D eigenvalue weighted by Gasteiger charge is -1.98. The van der Waals surface area contributed by atoms with Gasteiger partial charge in [0, 0.05) is 13.2 Å². The van der Waals surface area contributed by atoms with Crippen LogP contribution in [-0.2, 0) is 19.5 Å². The lowest BCUT2D eigenvalue weighted by atomic mass is 10.5. The smallest absolute Gasteiger partial charge is 0.170 e. The van der Waals surface area contributed by atoms with Gasteiger partial charge in [0.25, 0.3) is 0 Å². The van der Waals surface area contributed by atoms with Crippen LogP contribution in [0.1, 0.15) is 11.5 Å². The first-order valence-electron chi connectivity index (χ1n) is 4.07. The number of halogens is 1. The van der Waals surface area contributed by atoms with Crippen molar-refractivity contribution >= 4 is 11.6 Å². The van der Waals surface area contributed by atoms with Crippen LogP contribution in [0.2, 0.25) is 0 Å². The zero-order valence-electron chi connectivity index (χ0n) is 7.63. The minimum absolute atomic E-state index is 0.421. The Balaban J connectivity index is 2.15. The van der Waals surface area contributed by atoms with Gasteiger partial charge in [-0.15, -0.1) is 16.7 Å². The van der Waals surface area contributed by atoms with Crippen LogP contribution in [0.25, 0.3) is 0 Å². The van der Waals surface area contributed by atoms with Crippen LogP contribution in [0, 0.1) is 0 Å². The maximum absolute atomic E-state index is 5.63. The molecule has 0 aliphatic rings. The Kier molecular flexibility index (Phi) is 2.45. The second-order valence-electron chi connectivity index (χ2n) is 2.89. The van der Waals surface area contributed by atoms with E-state index in [1.807, 2.05) is 10.8 Å². The number of imidazole rings is 1. The number of nitrogens with zero attached hydrogens (tertiary/aromatic N) is 6. The predicted octanol–water partition coefficient (Wildman–Crippen LogP) is 0.194. The Labute approximate surface area is 85.5 Å². The van der Waals surface area contributed by atoms with Crippen molar-refractivity contribution in [1.82, 2.24) is 29.8 Å². The molecule has 14 heavy (non-hydrogen) atoms. The Morgan fingerprint density at radius 2 is 2.36 bits per heavy atom. The van der Waals surface area contributed by atoms with Gasteiger partial charge in [0.05, 0.1) is 24.4 Å². The van der Waals surface area contributed by atoms with E-state index < -0.39 is 0 Å². The van der Waals surface area contributed by atoms with E-state index in [9.17, 15) is 0 Å². The number of rotatable bonds is 3. The van der Waals surface area contributed by atoms with Crippen LogP contribution in [0.5, 0.6) is 0 Å². The molecule has 0 radical (unpaired) electrons. The highest BCUT2D eigenvalue weighted by atomic mass is 35.5. The van der Waals surface area contributed by atoms with Gasteiger partial charge in [0.2, 0.25) is 0 Å². The summed E-state index contributed by atoms with van der Waals surface area (Å²) in [6, 6.07) is 0. The van der Waals surface area contributed by atoms with Gasteiger partial charge in [-0.1, -0.05) is 0 Å². The molecule has 2 aromatic heterocycles. The molecule has 0 atom stereocenters. The van der Waals surface area contributed by atoms with Crippen LogP contribution < -0.4 is 0 Å². The van der Waals surface area contributed by atoms with Gasteiger partial charge in [-0.2, -0.15) is 0 Å². The summed E-state index contributed by atoms with van der Waals surface area (Å²) in [5, 5.41) is 11.1. The molecule has 2 heterocycles. The summed E-state index contributed by atoms with van der Waals surface area (Å²) >= 11 is 5.63. The molecule has 0 aromatic carbocycles. The summed E-state index contributed by atoms with van der Waals surface area (Å²) < 4.78 is 3.52. The largest absolute Gasteiger partial charge is 0.329 e. The van der Waals surface area contributed by atoms with Crippen LogP contribution in [0.3, 0.4) is 0 Å². The SMILES string of the molecule is Cn1nnnc1Cn1cnc(CCl)c1. The molecule has 0 unspecified atom stereocenters. The number of alkyl halides is 1. The van der Waals surface area contributed by atoms with Crippen LogP contribution >= 0.6 is 11.6 Å². The number of hydrogen-bond donors (Lipinski definition) is 0. The third-order valence-electron chi connectivity index (χ3n) is 1.86. The van der Waals surface area contributed by atoms with Gasteiger partial charge in [-0.3, -0.25) is 0 Å². The molecule has 0 amide bonds. The summed E-state index contributed by atoms with van der Waals surface area (Å²) in [5.74, 6) is 1.20. The molecule has 0 aliphatic heterocycles. The fraction of sp³-hybridized carbons (Fsp3) is 0.429. The van der Waals surface area contributed by atoms with Crippen molar-refractivity contribution < 1.29 is 0 Å². The molecule has 0 spiro atoms. The molecule has 0 fully saturated rings. The molecule has 0 saturated heterocycles. The maximum atomic E-state index is 5.63. The zero-order chi connectivity index (χ0) is 9.97. The van der Waals surface area contributed by atoms with Crippen LogP contribution in [-0.4, -0.2) is 29.8 Å². The summed E-state index contributed by atoms with van der Waals surface area (Å²) in [4.78, 5) is 4.10. The van der Waals surface area contributed by atoms with Crippen LogP contribution in [0.15, 0.2) is 12.5 Å². The summed E-state index contributed by atoms with van der Waals surface area (Å²) in [6.07, 6.45) is 3.59. The van der Waals surface area contributed by atoms with Crippen molar-refractivity contribution in [2.24, 2.45) is 7.05 Å². The highest BCUT2D eigenvalue weighted by Gasteiger charge is 2.03. The Bertz CT molecular complexity index is 419. The normalized spacial score (nSPS) is 10.7. The highest BCUT2D eigenvalue weighted by Crippen LogP contribution is 2.02. The molecular formula is C7H9ClN6. The molecular weight excluding hydrogens is 204 g/mol. The maximum Gasteiger partial charge on any atom is 0.170 e. The number of tetrazole rings is 1. The molecule has 0 saturated carbocycles. The third kappa shape index (κ3) is 1.74. The second kappa shape index (κ2) is 3.75. The lowest BCUT2D eigenvalue weighted by molar-refractivity contribution is 0.644. The first-order chi connectivity index (χ1) is 6.79. The minimum atomic E-state index is 0.421. The molecule has 0 aliphatic carbocycles. The fourth-order valence-corrected chi connectivity index (χ4v) is 1.25. The molecule has 6 nitrogen and oxygen atoms in total. The Morgan fingerprint density at radius 1 is 1.50 bits per heavy atom. The van der Waals surface area contributed by atoms with Gasteiger partial charge in [-0.25, -0.2) is 9.67 Å². The van der Waals surface area contributed by atoms with Gasteiger partial charge in [0.1, 0.15) is 0 Å². The predicted molar refractivity (Wildman–Crippen MR) is 49.7 cm³/mol. The molecule has 0 bridgehead atoms. The quantitative estimate of drug-likeness (QED) is 0.682. The van der Waals surface area contributed by atoms with Crippen molar-refractivity contribution in [1.29, 1.82) is 0 Å². The van der Waals surface area contributed by atoms with E-state index in [0.29, 0.717) is 12.4 Å². The molecule has 2 aromatic rings.